The third-order valence-corrected chi connectivity index (χ3v) is 4.33. The number of rotatable bonds is 6. The van der Waals surface area contributed by atoms with Gasteiger partial charge >= 0.3 is 11.9 Å². The van der Waals surface area contributed by atoms with Crippen LogP contribution in [-0.4, -0.2) is 39.2 Å². The molecule has 0 bridgehead atoms. The highest BCUT2D eigenvalue weighted by Crippen LogP contribution is 2.26. The smallest absolute Gasteiger partial charge is 0.339 e. The molecule has 28 heavy (non-hydrogen) atoms. The molecule has 0 aliphatic rings. The van der Waals surface area contributed by atoms with Crippen molar-refractivity contribution in [1.82, 2.24) is 0 Å². The highest BCUT2D eigenvalue weighted by atomic mass is 79.9. The van der Waals surface area contributed by atoms with Gasteiger partial charge in [-0.1, -0.05) is 6.07 Å². The molecule has 0 aliphatic heterocycles. The van der Waals surface area contributed by atoms with Crippen LogP contribution in [0.1, 0.15) is 26.3 Å². The minimum absolute atomic E-state index is 0.115. The third kappa shape index (κ3) is 5.20. The number of nitrogens with one attached hydrogen (secondary N) is 1. The molecule has 0 unspecified atom stereocenters. The van der Waals surface area contributed by atoms with Gasteiger partial charge in [-0.3, -0.25) is 4.79 Å². The summed E-state index contributed by atoms with van der Waals surface area (Å²) < 4.78 is 15.3. The second kappa shape index (κ2) is 9.70. The first-order chi connectivity index (χ1) is 13.4. The molecule has 0 saturated carbocycles. The lowest BCUT2D eigenvalue weighted by atomic mass is 10.1. The summed E-state index contributed by atoms with van der Waals surface area (Å²) in [6.45, 7) is 0. The number of anilines is 1. The van der Waals surface area contributed by atoms with Crippen LogP contribution >= 0.6 is 15.9 Å². The van der Waals surface area contributed by atoms with Crippen LogP contribution in [0, 0.1) is 0 Å². The summed E-state index contributed by atoms with van der Waals surface area (Å²) in [5.74, 6) is -1.05. The molecule has 0 aliphatic carbocycles. The fourth-order valence-corrected chi connectivity index (χ4v) is 2.87. The number of benzene rings is 2. The van der Waals surface area contributed by atoms with E-state index in [1.165, 1.54) is 38.5 Å². The average Bonchev–Trinajstić information content (AvgIpc) is 2.71. The van der Waals surface area contributed by atoms with Crippen LogP contribution in [-0.2, 0) is 14.3 Å². The topological polar surface area (TPSA) is 90.9 Å². The van der Waals surface area contributed by atoms with E-state index in [9.17, 15) is 14.4 Å². The van der Waals surface area contributed by atoms with Gasteiger partial charge in [-0.2, -0.15) is 0 Å². The van der Waals surface area contributed by atoms with Crippen LogP contribution in [0.2, 0.25) is 0 Å². The van der Waals surface area contributed by atoms with E-state index in [2.05, 4.69) is 26.0 Å². The zero-order valence-corrected chi connectivity index (χ0v) is 17.0. The van der Waals surface area contributed by atoms with Gasteiger partial charge in [0.15, 0.2) is 0 Å². The van der Waals surface area contributed by atoms with Crippen LogP contribution in [0.4, 0.5) is 5.69 Å². The zero-order chi connectivity index (χ0) is 20.7. The number of carbonyl (C=O) groups excluding carboxylic acids is 3. The fraction of sp³-hybridized carbons (Fsp3) is 0.150. The number of esters is 2. The van der Waals surface area contributed by atoms with E-state index in [4.69, 9.17) is 9.47 Å². The Labute approximate surface area is 170 Å². The largest absolute Gasteiger partial charge is 0.496 e. The van der Waals surface area contributed by atoms with Gasteiger partial charge in [0.2, 0.25) is 5.91 Å². The van der Waals surface area contributed by atoms with E-state index in [0.717, 1.165) is 10.0 Å². The first-order valence-corrected chi connectivity index (χ1v) is 8.82. The Balaban J connectivity index is 2.24. The fourth-order valence-electron chi connectivity index (χ4n) is 2.31. The van der Waals surface area contributed by atoms with Gasteiger partial charge in [-0.15, -0.1) is 0 Å². The molecular formula is C20H18BrNO6. The Morgan fingerprint density at radius 1 is 0.964 bits per heavy atom. The zero-order valence-electron chi connectivity index (χ0n) is 15.4. The molecule has 0 spiro atoms. The second-order valence-corrected chi connectivity index (χ2v) is 6.31. The van der Waals surface area contributed by atoms with Gasteiger partial charge in [0, 0.05) is 6.08 Å². The lowest BCUT2D eigenvalue weighted by molar-refractivity contribution is -0.111. The Bertz CT molecular complexity index is 938. The monoisotopic (exact) mass is 447 g/mol. The molecule has 2 aromatic rings. The predicted molar refractivity (Wildman–Crippen MR) is 107 cm³/mol. The molecule has 146 valence electrons. The van der Waals surface area contributed by atoms with Crippen LogP contribution in [0.15, 0.2) is 46.9 Å². The number of hydrogen-bond donors (Lipinski definition) is 1. The van der Waals surface area contributed by atoms with Crippen molar-refractivity contribution in [2.45, 2.75) is 0 Å². The first kappa shape index (κ1) is 21.2. The quantitative estimate of drug-likeness (QED) is 0.536. The molecule has 1 N–H and O–H groups in total. The second-order valence-electron chi connectivity index (χ2n) is 5.46. The summed E-state index contributed by atoms with van der Waals surface area (Å²) in [4.78, 5) is 35.9. The minimum atomic E-state index is -0.644. The summed E-state index contributed by atoms with van der Waals surface area (Å²) in [7, 11) is 4.03. The normalized spacial score (nSPS) is 10.4. The van der Waals surface area contributed by atoms with Gasteiger partial charge in [0.25, 0.3) is 0 Å². The molecule has 1 amide bonds. The summed E-state index contributed by atoms with van der Waals surface area (Å²) >= 11 is 3.38. The Kier molecular flexibility index (Phi) is 7.34. The molecule has 0 atom stereocenters. The van der Waals surface area contributed by atoms with Crippen molar-refractivity contribution in [2.24, 2.45) is 0 Å². The Morgan fingerprint density at radius 2 is 1.68 bits per heavy atom. The summed E-state index contributed by atoms with van der Waals surface area (Å²) in [6, 6.07) is 9.49. The molecule has 0 aromatic heterocycles. The van der Waals surface area contributed by atoms with Crippen LogP contribution in [0.25, 0.3) is 6.08 Å². The van der Waals surface area contributed by atoms with Crippen LogP contribution in [0.5, 0.6) is 5.75 Å². The van der Waals surface area contributed by atoms with E-state index < -0.39 is 17.8 Å². The van der Waals surface area contributed by atoms with Gasteiger partial charge in [-0.05, 0) is 57.9 Å². The molecular weight excluding hydrogens is 430 g/mol. The maximum absolute atomic E-state index is 12.3. The third-order valence-electron chi connectivity index (χ3n) is 3.71. The highest BCUT2D eigenvalue weighted by Gasteiger charge is 2.16. The Hall–Kier alpha value is -3.13. The summed E-state index contributed by atoms with van der Waals surface area (Å²) in [5, 5.41) is 2.58. The summed E-state index contributed by atoms with van der Waals surface area (Å²) in [5.41, 5.74) is 1.21. The van der Waals surface area contributed by atoms with Crippen molar-refractivity contribution in [3.63, 3.8) is 0 Å². The van der Waals surface area contributed by atoms with Gasteiger partial charge in [-0.25, -0.2) is 9.59 Å². The van der Waals surface area contributed by atoms with E-state index in [0.29, 0.717) is 5.75 Å². The molecule has 7 nitrogen and oxygen atoms in total. The lowest BCUT2D eigenvalue weighted by Crippen LogP contribution is -2.14. The van der Waals surface area contributed by atoms with Crippen molar-refractivity contribution in [3.8, 4) is 5.75 Å². The van der Waals surface area contributed by atoms with Crippen molar-refractivity contribution in [3.05, 3.63) is 63.6 Å². The standard InChI is InChI=1S/C20H18BrNO6/c1-26-17-8-4-12(10-15(17)21)5-9-18(23)22-16-11-13(19(24)27-2)6-7-14(16)20(25)28-3/h4-11H,1-3H3,(H,22,23). The van der Waals surface area contributed by atoms with Crippen molar-refractivity contribution >= 4 is 45.5 Å². The van der Waals surface area contributed by atoms with Crippen LogP contribution in [0.3, 0.4) is 0 Å². The highest BCUT2D eigenvalue weighted by molar-refractivity contribution is 9.10. The van der Waals surface area contributed by atoms with Crippen molar-refractivity contribution in [2.75, 3.05) is 26.6 Å². The number of carbonyl (C=O) groups is 3. The predicted octanol–water partition coefficient (Wildman–Crippen LogP) is 3.68. The number of halogens is 1. The summed E-state index contributed by atoms with van der Waals surface area (Å²) in [6.07, 6.45) is 2.90. The maximum atomic E-state index is 12.3. The minimum Gasteiger partial charge on any atom is -0.496 e. The molecule has 0 fully saturated rings. The van der Waals surface area contributed by atoms with E-state index in [-0.39, 0.29) is 16.8 Å². The van der Waals surface area contributed by atoms with Gasteiger partial charge < -0.3 is 19.5 Å². The lowest BCUT2D eigenvalue weighted by Gasteiger charge is -2.10. The number of amides is 1. The maximum Gasteiger partial charge on any atom is 0.339 e. The van der Waals surface area contributed by atoms with Gasteiger partial charge in [0.05, 0.1) is 42.6 Å². The van der Waals surface area contributed by atoms with Crippen LogP contribution < -0.4 is 10.1 Å². The molecule has 2 aromatic carbocycles. The van der Waals surface area contributed by atoms with Crippen molar-refractivity contribution < 1.29 is 28.6 Å². The van der Waals surface area contributed by atoms with E-state index in [1.54, 1.807) is 31.4 Å². The van der Waals surface area contributed by atoms with E-state index in [1.807, 2.05) is 0 Å². The number of hydrogen-bond acceptors (Lipinski definition) is 6. The molecule has 8 heteroatoms. The van der Waals surface area contributed by atoms with Crippen molar-refractivity contribution in [1.29, 1.82) is 0 Å². The van der Waals surface area contributed by atoms with E-state index >= 15 is 0 Å². The van der Waals surface area contributed by atoms with Gasteiger partial charge in [0.1, 0.15) is 5.75 Å². The number of methoxy groups -OCH3 is 3. The Morgan fingerprint density at radius 3 is 2.29 bits per heavy atom. The molecule has 0 radical (unpaired) electrons. The number of ether oxygens (including phenoxy) is 3. The molecule has 0 saturated heterocycles. The molecule has 0 heterocycles. The first-order valence-electron chi connectivity index (χ1n) is 8.03. The average molecular weight is 448 g/mol. The SMILES string of the molecule is COC(=O)c1ccc(C(=O)OC)c(NC(=O)C=Cc2ccc(OC)c(Br)c2)c1. The molecule has 2 rings (SSSR count).